The minimum atomic E-state index is -0.504. The third-order valence-electron chi connectivity index (χ3n) is 2.22. The monoisotopic (exact) mass is 228 g/mol. The molecule has 1 aromatic rings. The van der Waals surface area contributed by atoms with E-state index in [9.17, 15) is 5.11 Å². The summed E-state index contributed by atoms with van der Waals surface area (Å²) in [5, 5.41) is 9.58. The lowest BCUT2D eigenvalue weighted by Gasteiger charge is -2.15. The lowest BCUT2D eigenvalue weighted by atomic mass is 10.1. The molecule has 0 saturated heterocycles. The molecule has 0 aliphatic rings. The molecular weight excluding hydrogens is 212 g/mol. The van der Waals surface area contributed by atoms with E-state index < -0.39 is 6.10 Å². The van der Waals surface area contributed by atoms with Gasteiger partial charge in [0.15, 0.2) is 0 Å². The largest absolute Gasteiger partial charge is 0.493 e. The quantitative estimate of drug-likeness (QED) is 0.620. The SMILES string of the molecule is Cc1cccc(C(C)O)c1OCCCCl. The fourth-order valence-electron chi connectivity index (χ4n) is 1.43. The molecule has 1 unspecified atom stereocenters. The van der Waals surface area contributed by atoms with Gasteiger partial charge in [-0.05, 0) is 25.8 Å². The van der Waals surface area contributed by atoms with Crippen LogP contribution in [-0.2, 0) is 0 Å². The van der Waals surface area contributed by atoms with Crippen LogP contribution in [0.25, 0.3) is 0 Å². The fraction of sp³-hybridized carbons (Fsp3) is 0.500. The third kappa shape index (κ3) is 3.40. The molecule has 1 aromatic carbocycles. The minimum Gasteiger partial charge on any atom is -0.493 e. The van der Waals surface area contributed by atoms with Crippen molar-refractivity contribution in [3.05, 3.63) is 29.3 Å². The van der Waals surface area contributed by atoms with E-state index in [-0.39, 0.29) is 0 Å². The maximum absolute atomic E-state index is 9.58. The zero-order chi connectivity index (χ0) is 11.3. The van der Waals surface area contributed by atoms with Gasteiger partial charge < -0.3 is 9.84 Å². The van der Waals surface area contributed by atoms with Gasteiger partial charge in [-0.2, -0.15) is 0 Å². The van der Waals surface area contributed by atoms with Gasteiger partial charge in [0, 0.05) is 11.4 Å². The molecule has 1 rings (SSSR count). The van der Waals surface area contributed by atoms with Crippen LogP contribution >= 0.6 is 11.6 Å². The number of aliphatic hydroxyl groups is 1. The van der Waals surface area contributed by atoms with Crippen molar-refractivity contribution in [3.63, 3.8) is 0 Å². The van der Waals surface area contributed by atoms with Crippen molar-refractivity contribution in [1.29, 1.82) is 0 Å². The summed E-state index contributed by atoms with van der Waals surface area (Å²) in [6.07, 6.45) is 0.311. The normalized spacial score (nSPS) is 12.5. The number of halogens is 1. The standard InChI is InChI=1S/C12H17ClO2/c1-9-5-3-6-11(10(2)14)12(9)15-8-4-7-13/h3,5-6,10,14H,4,7-8H2,1-2H3. The number of hydrogen-bond donors (Lipinski definition) is 1. The number of ether oxygens (including phenoxy) is 1. The van der Waals surface area contributed by atoms with Gasteiger partial charge in [0.25, 0.3) is 0 Å². The first-order valence-electron chi connectivity index (χ1n) is 5.13. The second-order valence-electron chi connectivity index (χ2n) is 3.56. The predicted octanol–water partition coefficient (Wildman–Crippen LogP) is 3.06. The van der Waals surface area contributed by atoms with E-state index in [1.165, 1.54) is 0 Å². The molecular formula is C12H17ClO2. The first-order chi connectivity index (χ1) is 7.16. The van der Waals surface area contributed by atoms with Crippen LogP contribution in [0, 0.1) is 6.92 Å². The topological polar surface area (TPSA) is 29.5 Å². The molecule has 15 heavy (non-hydrogen) atoms. The van der Waals surface area contributed by atoms with E-state index in [4.69, 9.17) is 16.3 Å². The molecule has 0 heterocycles. The van der Waals surface area contributed by atoms with Crippen LogP contribution in [-0.4, -0.2) is 17.6 Å². The average Bonchev–Trinajstić information content (AvgIpc) is 2.20. The number of rotatable bonds is 5. The highest BCUT2D eigenvalue weighted by Crippen LogP contribution is 2.28. The second kappa shape index (κ2) is 5.99. The van der Waals surface area contributed by atoms with Crippen LogP contribution in [0.1, 0.15) is 30.6 Å². The summed E-state index contributed by atoms with van der Waals surface area (Å²) in [5.41, 5.74) is 1.88. The van der Waals surface area contributed by atoms with Crippen LogP contribution in [0.5, 0.6) is 5.75 Å². The Bertz CT molecular complexity index is 310. The highest BCUT2D eigenvalue weighted by atomic mass is 35.5. The molecule has 0 amide bonds. The Hall–Kier alpha value is -0.730. The van der Waals surface area contributed by atoms with Crippen molar-refractivity contribution < 1.29 is 9.84 Å². The van der Waals surface area contributed by atoms with Crippen molar-refractivity contribution in [2.45, 2.75) is 26.4 Å². The van der Waals surface area contributed by atoms with E-state index in [0.29, 0.717) is 12.5 Å². The maximum Gasteiger partial charge on any atom is 0.127 e. The van der Waals surface area contributed by atoms with E-state index >= 15 is 0 Å². The van der Waals surface area contributed by atoms with Gasteiger partial charge in [-0.1, -0.05) is 18.2 Å². The zero-order valence-corrected chi connectivity index (χ0v) is 9.92. The number of aryl methyl sites for hydroxylation is 1. The predicted molar refractivity (Wildman–Crippen MR) is 62.6 cm³/mol. The molecule has 2 nitrogen and oxygen atoms in total. The van der Waals surface area contributed by atoms with Crippen molar-refractivity contribution in [1.82, 2.24) is 0 Å². The van der Waals surface area contributed by atoms with Gasteiger partial charge in [0.1, 0.15) is 5.75 Å². The molecule has 0 aromatic heterocycles. The number of aliphatic hydroxyl groups excluding tert-OH is 1. The van der Waals surface area contributed by atoms with Crippen LogP contribution in [0.2, 0.25) is 0 Å². The number of benzene rings is 1. The summed E-state index contributed by atoms with van der Waals surface area (Å²) in [6, 6.07) is 5.78. The lowest BCUT2D eigenvalue weighted by molar-refractivity contribution is 0.191. The fourth-order valence-corrected chi connectivity index (χ4v) is 1.54. The van der Waals surface area contributed by atoms with Crippen LogP contribution in [0.15, 0.2) is 18.2 Å². The third-order valence-corrected chi connectivity index (χ3v) is 2.48. The molecule has 0 aliphatic heterocycles. The van der Waals surface area contributed by atoms with E-state index in [0.717, 1.165) is 23.3 Å². The molecule has 1 atom stereocenters. The number of hydrogen-bond acceptors (Lipinski definition) is 2. The summed E-state index contributed by atoms with van der Waals surface area (Å²) >= 11 is 5.58. The number of para-hydroxylation sites is 1. The summed E-state index contributed by atoms with van der Waals surface area (Å²) in [4.78, 5) is 0. The second-order valence-corrected chi connectivity index (χ2v) is 3.94. The lowest BCUT2D eigenvalue weighted by Crippen LogP contribution is -2.04. The molecule has 0 fully saturated rings. The molecule has 0 radical (unpaired) electrons. The van der Waals surface area contributed by atoms with Gasteiger partial charge in [-0.15, -0.1) is 11.6 Å². The van der Waals surface area contributed by atoms with Crippen molar-refractivity contribution in [2.24, 2.45) is 0 Å². The van der Waals surface area contributed by atoms with E-state index in [2.05, 4.69) is 0 Å². The van der Waals surface area contributed by atoms with Gasteiger partial charge >= 0.3 is 0 Å². The van der Waals surface area contributed by atoms with Crippen molar-refractivity contribution >= 4 is 11.6 Å². The Morgan fingerprint density at radius 3 is 2.80 bits per heavy atom. The Morgan fingerprint density at radius 1 is 1.47 bits per heavy atom. The first kappa shape index (κ1) is 12.3. The highest BCUT2D eigenvalue weighted by molar-refractivity contribution is 6.17. The summed E-state index contributed by atoms with van der Waals surface area (Å²) in [6.45, 7) is 4.30. The summed E-state index contributed by atoms with van der Waals surface area (Å²) in [7, 11) is 0. The average molecular weight is 229 g/mol. The first-order valence-corrected chi connectivity index (χ1v) is 5.66. The Morgan fingerprint density at radius 2 is 2.20 bits per heavy atom. The molecule has 0 spiro atoms. The minimum absolute atomic E-state index is 0.504. The van der Waals surface area contributed by atoms with Crippen LogP contribution in [0.3, 0.4) is 0 Å². The van der Waals surface area contributed by atoms with Gasteiger partial charge in [-0.3, -0.25) is 0 Å². The van der Waals surface area contributed by atoms with E-state index in [1.807, 2.05) is 25.1 Å². The zero-order valence-electron chi connectivity index (χ0n) is 9.16. The van der Waals surface area contributed by atoms with Crippen LogP contribution < -0.4 is 4.74 Å². The Kier molecular flexibility index (Phi) is 4.92. The van der Waals surface area contributed by atoms with Crippen molar-refractivity contribution in [3.8, 4) is 5.75 Å². The van der Waals surface area contributed by atoms with E-state index in [1.54, 1.807) is 6.92 Å². The summed E-state index contributed by atoms with van der Waals surface area (Å²) in [5.74, 6) is 1.38. The molecule has 0 aliphatic carbocycles. The molecule has 3 heteroatoms. The molecule has 1 N–H and O–H groups in total. The summed E-state index contributed by atoms with van der Waals surface area (Å²) < 4.78 is 5.63. The Balaban J connectivity index is 2.82. The van der Waals surface area contributed by atoms with Gasteiger partial charge in [0.05, 0.1) is 12.7 Å². The van der Waals surface area contributed by atoms with Crippen molar-refractivity contribution in [2.75, 3.05) is 12.5 Å². The molecule has 0 saturated carbocycles. The Labute approximate surface area is 95.8 Å². The number of alkyl halides is 1. The van der Waals surface area contributed by atoms with Gasteiger partial charge in [-0.25, -0.2) is 0 Å². The maximum atomic E-state index is 9.58. The van der Waals surface area contributed by atoms with Crippen LogP contribution in [0.4, 0.5) is 0 Å². The molecule has 84 valence electrons. The van der Waals surface area contributed by atoms with Gasteiger partial charge in [0.2, 0.25) is 0 Å². The highest BCUT2D eigenvalue weighted by Gasteiger charge is 2.10. The smallest absolute Gasteiger partial charge is 0.127 e. The molecule has 0 bridgehead atoms.